The van der Waals surface area contributed by atoms with Crippen LogP contribution < -0.4 is 10.6 Å². The molecule has 0 aliphatic carbocycles. The maximum Gasteiger partial charge on any atom is 0.338 e. The molecule has 6 aliphatic rings. The number of morpholine rings is 2. The third-order valence-corrected chi connectivity index (χ3v) is 15.6. The van der Waals surface area contributed by atoms with Crippen LogP contribution in [0.15, 0.2) is 92.1 Å². The largest absolute Gasteiger partial charge is 0.480 e. The van der Waals surface area contributed by atoms with Crippen LogP contribution in [-0.2, 0) is 38.1 Å². The van der Waals surface area contributed by atoms with Gasteiger partial charge in [-0.3, -0.25) is 29.4 Å². The number of nitrogens with one attached hydrogen (secondary N) is 2. The fourth-order valence-corrected chi connectivity index (χ4v) is 11.6. The fourth-order valence-electron chi connectivity index (χ4n) is 9.91. The van der Waals surface area contributed by atoms with Crippen molar-refractivity contribution in [2.24, 2.45) is 9.98 Å². The number of nitrogens with zero attached hydrogens (tertiary/aromatic N) is 6. The van der Waals surface area contributed by atoms with Crippen LogP contribution in [-0.4, -0.2) is 142 Å². The van der Waals surface area contributed by atoms with E-state index >= 15 is 0 Å². The van der Waals surface area contributed by atoms with E-state index in [4.69, 9.17) is 52.1 Å². The molecule has 4 fully saturated rings. The number of esters is 2. The molecule has 0 unspecified atom stereocenters. The molecular formula is C46H44Cl2F2N8O10S2. The van der Waals surface area contributed by atoms with Crippen molar-refractivity contribution in [3.05, 3.63) is 125 Å². The number of fused-ring (bicyclic) bond motifs is 4. The Balaban J connectivity index is 0.000000174. The molecule has 10 rings (SSSR count). The number of rotatable bonds is 12. The van der Waals surface area contributed by atoms with Crippen LogP contribution >= 0.6 is 45.9 Å². The lowest BCUT2D eigenvalue weighted by Crippen LogP contribution is -2.61. The molecule has 4 aromatic rings. The lowest BCUT2D eigenvalue weighted by Gasteiger charge is -2.42. The monoisotopic (exact) mass is 1040 g/mol. The average molecular weight is 1040 g/mol. The molecule has 2 aromatic carbocycles. The predicted octanol–water partition coefficient (Wildman–Crippen LogP) is 5.54. The molecule has 0 radical (unpaired) electrons. The Hall–Kier alpha value is -5.72. The summed E-state index contributed by atoms with van der Waals surface area (Å²) in [6.07, 6.45) is 5.46. The normalized spacial score (nSPS) is 26.3. The van der Waals surface area contributed by atoms with Gasteiger partial charge in [-0.05, 0) is 49.9 Å². The topological polar surface area (TPSA) is 227 Å². The summed E-state index contributed by atoms with van der Waals surface area (Å²) in [7, 11) is 2.51. The van der Waals surface area contributed by atoms with Gasteiger partial charge < -0.3 is 39.8 Å². The Morgan fingerprint density at radius 2 is 1.14 bits per heavy atom. The number of carbonyl (C=O) groups is 4. The SMILES string of the molecule is COC(=O)C1=C(CN2[C@@H]3CC[C@@]2(C(=O)O)COC3)NC(c2nccs2)=N[C@H]1c1ccc(F)cc1Cl.COC(=O)C1=C(CN2[C@H]3CC[C@]2(C(=O)O)COC3)NC(c2nccs2)=N[C@H]1c1ccc(F)cc1Cl. The van der Waals surface area contributed by atoms with Crippen LogP contribution in [0.4, 0.5) is 8.78 Å². The summed E-state index contributed by atoms with van der Waals surface area (Å²) >= 11 is 15.5. The summed E-state index contributed by atoms with van der Waals surface area (Å²) in [5, 5.41) is 31.6. The number of ether oxygens (including phenoxy) is 4. The number of aliphatic carboxylic acids is 2. The average Bonchev–Trinajstić information content (AvgIpc) is 4.15. The van der Waals surface area contributed by atoms with Gasteiger partial charge in [0.1, 0.15) is 34.8 Å². The van der Waals surface area contributed by atoms with Crippen LogP contribution in [0.25, 0.3) is 0 Å². The van der Waals surface area contributed by atoms with E-state index < -0.39 is 58.7 Å². The number of hydrogen-bond donors (Lipinski definition) is 4. The molecule has 6 atom stereocenters. The van der Waals surface area contributed by atoms with E-state index in [2.05, 4.69) is 20.6 Å². The van der Waals surface area contributed by atoms with Crippen molar-refractivity contribution in [1.29, 1.82) is 0 Å². The van der Waals surface area contributed by atoms with Crippen LogP contribution in [0, 0.1) is 11.6 Å². The minimum atomic E-state index is -1.20. The first-order chi connectivity index (χ1) is 33.7. The quantitative estimate of drug-likeness (QED) is 0.128. The van der Waals surface area contributed by atoms with Gasteiger partial charge >= 0.3 is 23.9 Å². The molecule has 0 saturated carbocycles. The Kier molecular flexibility index (Phi) is 14.2. The molecule has 368 valence electrons. The van der Waals surface area contributed by atoms with Crippen LogP contribution in [0.3, 0.4) is 0 Å². The van der Waals surface area contributed by atoms with Crippen molar-refractivity contribution in [2.75, 3.05) is 53.7 Å². The molecule has 18 nitrogen and oxygen atoms in total. The van der Waals surface area contributed by atoms with E-state index in [1.54, 1.807) is 23.2 Å². The van der Waals surface area contributed by atoms with Gasteiger partial charge in [0.15, 0.2) is 21.7 Å². The van der Waals surface area contributed by atoms with Gasteiger partial charge in [-0.2, -0.15) is 0 Å². The third-order valence-electron chi connectivity index (χ3n) is 13.4. The first-order valence-corrected chi connectivity index (χ1v) is 24.4. The summed E-state index contributed by atoms with van der Waals surface area (Å²) in [6.45, 7) is 1.14. The van der Waals surface area contributed by atoms with Crippen LogP contribution in [0.2, 0.25) is 10.0 Å². The van der Waals surface area contributed by atoms with E-state index in [0.717, 1.165) is 12.1 Å². The zero-order chi connectivity index (χ0) is 49.5. The Labute approximate surface area is 416 Å². The molecule has 0 amide bonds. The number of aromatic nitrogens is 2. The number of carboxylic acid groups (broad SMARTS) is 2. The highest BCUT2D eigenvalue weighted by molar-refractivity contribution is 7.12. The number of methoxy groups -OCH3 is 2. The van der Waals surface area contributed by atoms with E-state index in [1.807, 2.05) is 9.80 Å². The zero-order valence-corrected chi connectivity index (χ0v) is 40.5. The minimum absolute atomic E-state index is 0.0559. The molecular weight excluding hydrogens is 998 g/mol. The fraction of sp³-hybridized carbons (Fsp3) is 0.391. The Bertz CT molecular complexity index is 2650. The molecule has 4 bridgehead atoms. The summed E-state index contributed by atoms with van der Waals surface area (Å²) in [6, 6.07) is 5.71. The van der Waals surface area contributed by atoms with Gasteiger partial charge in [0, 0.05) is 80.9 Å². The highest BCUT2D eigenvalue weighted by atomic mass is 35.5. The number of carboxylic acids is 2. The maximum absolute atomic E-state index is 13.8. The van der Waals surface area contributed by atoms with Crippen LogP contribution in [0.1, 0.15) is 58.9 Å². The van der Waals surface area contributed by atoms with Crippen molar-refractivity contribution in [3.8, 4) is 0 Å². The molecule has 4 saturated heterocycles. The number of hydrogen-bond acceptors (Lipinski definition) is 18. The Morgan fingerprint density at radius 3 is 1.49 bits per heavy atom. The van der Waals surface area contributed by atoms with Gasteiger partial charge in [-0.15, -0.1) is 22.7 Å². The molecule has 4 N–H and O–H groups in total. The first kappa shape index (κ1) is 49.3. The lowest BCUT2D eigenvalue weighted by atomic mass is 9.93. The van der Waals surface area contributed by atoms with Crippen molar-refractivity contribution in [3.63, 3.8) is 0 Å². The van der Waals surface area contributed by atoms with Gasteiger partial charge in [-0.25, -0.2) is 28.3 Å². The van der Waals surface area contributed by atoms with Gasteiger partial charge in [-0.1, -0.05) is 35.3 Å². The van der Waals surface area contributed by atoms with E-state index in [9.17, 15) is 38.2 Å². The van der Waals surface area contributed by atoms with Crippen LogP contribution in [0.5, 0.6) is 0 Å². The number of halogens is 4. The van der Waals surface area contributed by atoms with Gasteiger partial charge in [0.05, 0.1) is 51.8 Å². The first-order valence-electron chi connectivity index (χ1n) is 21.9. The summed E-state index contributed by atoms with van der Waals surface area (Å²) in [5.74, 6) is -3.47. The molecule has 8 heterocycles. The molecule has 70 heavy (non-hydrogen) atoms. The van der Waals surface area contributed by atoms with E-state index in [0.29, 0.717) is 83.1 Å². The number of benzene rings is 2. The zero-order valence-electron chi connectivity index (χ0n) is 37.3. The van der Waals surface area contributed by atoms with Gasteiger partial charge in [0.2, 0.25) is 0 Å². The standard InChI is InChI=1S/2C23H22ClFN4O5S/c2*1-33-21(30)17-16(9-29-13-4-5-23(29,22(31)32)11-34-10-13)27-19(20-26-6-7-35-20)28-18(17)14-3-2-12(25)8-15(14)24/h2*2-3,6-8,13,18H,4-5,9-11H2,1H3,(H,27,28)(H,31,32)/t13-,18+,23+;13-,18-,23+/m10/s1. The highest BCUT2D eigenvalue weighted by Crippen LogP contribution is 2.44. The third kappa shape index (κ3) is 9.10. The van der Waals surface area contributed by atoms with E-state index in [1.165, 1.54) is 61.2 Å². The number of amidine groups is 2. The highest BCUT2D eigenvalue weighted by Gasteiger charge is 2.57. The lowest BCUT2D eigenvalue weighted by molar-refractivity contribution is -0.162. The van der Waals surface area contributed by atoms with Crippen molar-refractivity contribution >= 4 is 81.4 Å². The van der Waals surface area contributed by atoms with Crippen molar-refractivity contribution in [2.45, 2.75) is 60.9 Å². The van der Waals surface area contributed by atoms with E-state index in [-0.39, 0.29) is 59.6 Å². The number of thiazole rings is 2. The predicted molar refractivity (Wildman–Crippen MR) is 252 cm³/mol. The Morgan fingerprint density at radius 1 is 0.729 bits per heavy atom. The summed E-state index contributed by atoms with van der Waals surface area (Å²) in [5.41, 5.74) is -0.349. The minimum Gasteiger partial charge on any atom is -0.480 e. The second-order valence-electron chi connectivity index (χ2n) is 17.1. The van der Waals surface area contributed by atoms with Crippen molar-refractivity contribution < 1.29 is 57.1 Å². The molecule has 2 aromatic heterocycles. The second kappa shape index (κ2) is 20.2. The number of aliphatic imine (C=N–C) groups is 2. The van der Waals surface area contributed by atoms with Gasteiger partial charge in [0.25, 0.3) is 0 Å². The molecule has 0 spiro atoms. The maximum atomic E-state index is 13.8. The van der Waals surface area contributed by atoms with Crippen molar-refractivity contribution in [1.82, 2.24) is 30.4 Å². The molecule has 24 heteroatoms. The smallest absolute Gasteiger partial charge is 0.338 e. The summed E-state index contributed by atoms with van der Waals surface area (Å²) in [4.78, 5) is 72.7. The summed E-state index contributed by atoms with van der Waals surface area (Å²) < 4.78 is 49.0. The second-order valence-corrected chi connectivity index (χ2v) is 19.7. The number of carbonyl (C=O) groups excluding carboxylic acids is 2. The molecule has 6 aliphatic heterocycles.